The predicted octanol–water partition coefficient (Wildman–Crippen LogP) is -3.83. The third-order valence-corrected chi connectivity index (χ3v) is 16.0. The van der Waals surface area contributed by atoms with Crippen molar-refractivity contribution in [2.75, 3.05) is 6.54 Å². The van der Waals surface area contributed by atoms with E-state index in [-0.39, 0.29) is 50.1 Å². The smallest absolute Gasteiger partial charge is 0.326 e. The minimum atomic E-state index is -5.28. The van der Waals surface area contributed by atoms with Crippen molar-refractivity contribution in [2.45, 2.75) is 217 Å². The van der Waals surface area contributed by atoms with Crippen LogP contribution in [0.1, 0.15) is 150 Å². The number of nitrogens with zero attached hydrogens (tertiary/aromatic N) is 1. The molecule has 1 saturated heterocycles. The Balaban J connectivity index is 2.61. The molecule has 0 radical (unpaired) electrons. The number of benzene rings is 1. The van der Waals surface area contributed by atoms with Gasteiger partial charge >= 0.3 is 35.8 Å². The van der Waals surface area contributed by atoms with Gasteiger partial charge in [-0.1, -0.05) is 60.1 Å². The maximum atomic E-state index is 14.8. The lowest BCUT2D eigenvalue weighted by Crippen LogP contribution is -2.61. The molecule has 12 atom stereocenters. The van der Waals surface area contributed by atoms with Crippen LogP contribution >= 0.6 is 0 Å². The number of nitrogens with two attached hydrogens (primary N) is 2. The molecule has 1 aliphatic heterocycles. The number of primary amides is 1. The van der Waals surface area contributed by atoms with Gasteiger partial charge in [-0.15, -0.1) is 0 Å². The maximum Gasteiger partial charge on any atom is 0.326 e. The Bertz CT molecular complexity index is 3280. The number of likely N-dealkylation sites (tertiary alicyclic amines) is 1. The van der Waals surface area contributed by atoms with E-state index < -0.39 is 272 Å². The number of nitrogens with one attached hydrogen (secondary N) is 9. The molecule has 0 unspecified atom stereocenters. The molecule has 1 fully saturated rings. The highest BCUT2D eigenvalue weighted by Gasteiger charge is 2.42. The van der Waals surface area contributed by atoms with Crippen LogP contribution in [0.3, 0.4) is 0 Å². The van der Waals surface area contributed by atoms with Gasteiger partial charge in [0.15, 0.2) is 0 Å². The number of carboxylic acid groups (broad SMARTS) is 6. The maximum absolute atomic E-state index is 14.8. The fourth-order valence-electron chi connectivity index (χ4n) is 10.2. The highest BCUT2D eigenvalue weighted by atomic mass is 32.3. The number of carbonyl (C=O) groups excluding carboxylic acids is 11. The monoisotopic (exact) mass is 1460 g/mol. The SMILES string of the molecule is CC[C@H](C)[C@H](NC(=O)[C@H](CCC(=O)O)NC(=O)[C@H](CCC(=O)O)NC(=O)[C@H](CC(C)C)NC(=O)[C@@H](N)CC(=O)O)C(=O)N1CCC[C@H]1C(=O)N[C@@H](CCC(=O)O)C(=O)N[C@@H](CCC(=O)O)C(=O)N[C@@H](Cc1ccc(OS(=O)(=O)[O-])cc1)C(=O)N[C@@H](CC(C)C)C(=O)N[C@@H](CCC(N)=O)C(=O)O. The first kappa shape index (κ1) is 87.0. The number of carboxylic acids is 6. The van der Waals surface area contributed by atoms with Gasteiger partial charge in [-0.3, -0.25) is 76.7 Å². The van der Waals surface area contributed by atoms with E-state index in [0.717, 1.165) is 29.2 Å². The summed E-state index contributed by atoms with van der Waals surface area (Å²) in [6.45, 7) is 9.48. The van der Waals surface area contributed by atoms with Crippen molar-refractivity contribution < 1.29 is 129 Å². The van der Waals surface area contributed by atoms with Gasteiger partial charge in [0.2, 0.25) is 65.0 Å². The second-order valence-corrected chi connectivity index (χ2v) is 25.9. The average molecular weight is 1460 g/mol. The Morgan fingerprint density at radius 1 is 0.515 bits per heavy atom. The minimum absolute atomic E-state index is 0.0962. The van der Waals surface area contributed by atoms with Gasteiger partial charge in [0, 0.05) is 45.1 Å². The third-order valence-electron chi connectivity index (χ3n) is 15.6. The highest BCUT2D eigenvalue weighted by molar-refractivity contribution is 7.81. The van der Waals surface area contributed by atoms with E-state index in [2.05, 4.69) is 52.0 Å². The Labute approximate surface area is 579 Å². The standard InChI is InChI=1S/C61H92N12O27S/c1-7-31(6)50(72-55(89)38(18-23-48(81)82)65-52(86)35(15-20-45(75)76)66-56(90)40(25-29(2)3)69-51(85)34(62)28-49(83)84)60(94)73-24-8-9-43(73)59(93)67-37(17-22-47(79)80)53(87)64-36(16-21-46(77)78)54(88)71-42(27-32-10-12-33(13-11-32)100-101(97,98)99)58(92)70-41(26-30(4)5)57(91)68-39(61(95)96)14-19-44(63)74/h10-13,29-31,34-43,50H,7-9,14-28,62H2,1-6H3,(H2,63,74)(H,64,87)(H,65,86)(H,66,90)(H,67,93)(H,68,91)(H,69,85)(H,70,92)(H,71,88)(H,72,89)(H,75,76)(H,77,78)(H,79,80)(H,81,82)(H,83,84)(H,95,96)(H,97,98,99)/p-1/t31-,34-,35-,36-,37-,38-,39-,40-,41-,42-,43-,50-/m0/s1. The van der Waals surface area contributed by atoms with E-state index in [1.54, 1.807) is 34.6 Å². The van der Waals surface area contributed by atoms with Gasteiger partial charge < -0.3 is 104 Å². The van der Waals surface area contributed by atoms with Crippen LogP contribution in [0, 0.1) is 17.8 Å². The van der Waals surface area contributed by atoms with E-state index in [0.29, 0.717) is 0 Å². The van der Waals surface area contributed by atoms with E-state index in [9.17, 15) is 120 Å². The van der Waals surface area contributed by atoms with Crippen molar-refractivity contribution in [1.82, 2.24) is 52.8 Å². The first-order valence-electron chi connectivity index (χ1n) is 32.2. The molecule has 1 aromatic rings. The fraction of sp³-hybridized carbons (Fsp3) is 0.623. The van der Waals surface area contributed by atoms with Gasteiger partial charge in [0.05, 0.1) is 12.5 Å². The van der Waals surface area contributed by atoms with Crippen molar-refractivity contribution in [2.24, 2.45) is 29.2 Å². The number of carbonyl (C=O) groups is 17. The molecule has 1 aliphatic rings. The van der Waals surface area contributed by atoms with E-state index in [4.69, 9.17) is 16.6 Å². The summed E-state index contributed by atoms with van der Waals surface area (Å²) in [7, 11) is -5.28. The summed E-state index contributed by atoms with van der Waals surface area (Å²) in [6.07, 6.45) is -8.55. The molecule has 0 bridgehead atoms. The zero-order valence-electron chi connectivity index (χ0n) is 56.4. The molecule has 39 nitrogen and oxygen atoms in total. The molecular weight excluding hydrogens is 1360 g/mol. The number of hydrogen-bond donors (Lipinski definition) is 17. The number of amides is 11. The summed E-state index contributed by atoms with van der Waals surface area (Å²) in [5.74, 6) is -23.3. The molecule has 0 spiro atoms. The lowest BCUT2D eigenvalue weighted by molar-refractivity contribution is -0.144. The van der Waals surface area contributed by atoms with Crippen LogP contribution in [0.25, 0.3) is 0 Å². The van der Waals surface area contributed by atoms with Gasteiger partial charge in [0.25, 0.3) is 10.4 Å². The molecule has 101 heavy (non-hydrogen) atoms. The molecule has 11 amide bonds. The van der Waals surface area contributed by atoms with Crippen molar-refractivity contribution >= 4 is 111 Å². The third kappa shape index (κ3) is 32.6. The molecule has 564 valence electrons. The second kappa shape index (κ2) is 42.1. The summed E-state index contributed by atoms with van der Waals surface area (Å²) in [6, 6.07) is -14.4. The first-order chi connectivity index (χ1) is 47.0. The van der Waals surface area contributed by atoms with Gasteiger partial charge in [0.1, 0.15) is 66.2 Å². The quantitative estimate of drug-likeness (QED) is 0.0220. The summed E-state index contributed by atoms with van der Waals surface area (Å²) >= 11 is 0. The number of aliphatic carboxylic acids is 6. The molecule has 40 heteroatoms. The lowest BCUT2D eigenvalue weighted by atomic mass is 9.96. The molecule has 19 N–H and O–H groups in total. The Morgan fingerprint density at radius 3 is 1.27 bits per heavy atom. The summed E-state index contributed by atoms with van der Waals surface area (Å²) < 4.78 is 38.2. The second-order valence-electron chi connectivity index (χ2n) is 24.9. The van der Waals surface area contributed by atoms with Crippen LogP contribution in [-0.4, -0.2) is 222 Å². The summed E-state index contributed by atoms with van der Waals surface area (Å²) in [5.41, 5.74) is 11.0. The van der Waals surface area contributed by atoms with Crippen LogP contribution in [0.15, 0.2) is 24.3 Å². The molecule has 0 saturated carbocycles. The zero-order chi connectivity index (χ0) is 76.8. The normalized spacial score (nSPS) is 16.1. The number of hydrogen-bond acceptors (Lipinski definition) is 22. The minimum Gasteiger partial charge on any atom is -0.716 e. The molecular formula is C61H91N12O27S-. The van der Waals surface area contributed by atoms with Crippen LogP contribution < -0.4 is 63.5 Å². The van der Waals surface area contributed by atoms with Gasteiger partial charge in [-0.2, -0.15) is 0 Å². The zero-order valence-corrected chi connectivity index (χ0v) is 57.2. The molecule has 1 aromatic carbocycles. The number of rotatable bonds is 47. The molecule has 2 rings (SSSR count). The van der Waals surface area contributed by atoms with E-state index >= 15 is 0 Å². The molecule has 0 aromatic heterocycles. The first-order valence-corrected chi connectivity index (χ1v) is 33.5. The Hall–Kier alpha value is -10.1. The van der Waals surface area contributed by atoms with Crippen molar-refractivity contribution in [3.63, 3.8) is 0 Å². The van der Waals surface area contributed by atoms with Crippen molar-refractivity contribution in [1.29, 1.82) is 0 Å². The fourth-order valence-corrected chi connectivity index (χ4v) is 10.6. The van der Waals surface area contributed by atoms with Crippen LogP contribution in [-0.2, 0) is 98.3 Å². The molecule has 0 aliphatic carbocycles. The van der Waals surface area contributed by atoms with Crippen molar-refractivity contribution in [3.8, 4) is 5.75 Å². The highest BCUT2D eigenvalue weighted by Crippen LogP contribution is 2.23. The summed E-state index contributed by atoms with van der Waals surface area (Å²) in [5, 5.41) is 78.7. The Kier molecular flexibility index (Phi) is 36.2. The van der Waals surface area contributed by atoms with Crippen LogP contribution in [0.2, 0.25) is 0 Å². The van der Waals surface area contributed by atoms with E-state index in [1.165, 1.54) is 6.92 Å². The topological polar surface area (TPSA) is 642 Å². The average Bonchev–Trinajstić information content (AvgIpc) is 1.76. The van der Waals surface area contributed by atoms with Gasteiger partial charge in [-0.05, 0) is 93.2 Å². The van der Waals surface area contributed by atoms with Crippen molar-refractivity contribution in [3.05, 3.63) is 29.8 Å². The largest absolute Gasteiger partial charge is 0.716 e. The van der Waals surface area contributed by atoms with Gasteiger partial charge in [-0.25, -0.2) is 13.2 Å². The van der Waals surface area contributed by atoms with E-state index in [1.807, 2.05) is 0 Å². The van der Waals surface area contributed by atoms with Crippen LogP contribution in [0.5, 0.6) is 5.75 Å². The molecule has 1 heterocycles. The Morgan fingerprint density at radius 2 is 0.881 bits per heavy atom. The predicted molar refractivity (Wildman–Crippen MR) is 345 cm³/mol. The lowest BCUT2D eigenvalue weighted by Gasteiger charge is -2.33. The van der Waals surface area contributed by atoms with Crippen LogP contribution in [0.4, 0.5) is 0 Å². The summed E-state index contributed by atoms with van der Waals surface area (Å²) in [4.78, 5) is 224.